The molecule has 0 aliphatic heterocycles. The summed E-state index contributed by atoms with van der Waals surface area (Å²) in [6, 6.07) is 3.14. The second-order valence-corrected chi connectivity index (χ2v) is 4.85. The average molecular weight is 285 g/mol. The number of methoxy groups -OCH3 is 2. The van der Waals surface area contributed by atoms with Gasteiger partial charge in [0.05, 0.1) is 20.3 Å². The van der Waals surface area contributed by atoms with Crippen LogP contribution in [0, 0.1) is 0 Å². The molecule has 5 heteroatoms. The molecule has 0 aromatic heterocycles. The standard InChI is InChI=1S/C14H17ClO4/c1-17-11-7-9(14(15)16)8-12(18-2)13(11)19-10-5-3-4-6-10/h7-8,10H,3-6H2,1-2H3. The number of benzene rings is 1. The van der Waals surface area contributed by atoms with Crippen LogP contribution in [-0.4, -0.2) is 25.6 Å². The van der Waals surface area contributed by atoms with Gasteiger partial charge in [0.2, 0.25) is 5.75 Å². The van der Waals surface area contributed by atoms with Gasteiger partial charge in [0.25, 0.3) is 5.24 Å². The number of hydrogen-bond acceptors (Lipinski definition) is 4. The van der Waals surface area contributed by atoms with Crippen LogP contribution in [0.15, 0.2) is 12.1 Å². The van der Waals surface area contributed by atoms with Crippen molar-refractivity contribution >= 4 is 16.8 Å². The zero-order valence-corrected chi connectivity index (χ0v) is 11.8. The largest absolute Gasteiger partial charge is 0.493 e. The van der Waals surface area contributed by atoms with Gasteiger partial charge >= 0.3 is 0 Å². The molecule has 1 saturated carbocycles. The SMILES string of the molecule is COc1cc(C(=O)Cl)cc(OC)c1OC1CCCC1. The summed E-state index contributed by atoms with van der Waals surface area (Å²) in [7, 11) is 3.05. The molecule has 0 unspecified atom stereocenters. The van der Waals surface area contributed by atoms with Gasteiger partial charge in [-0.2, -0.15) is 0 Å². The quantitative estimate of drug-likeness (QED) is 0.777. The van der Waals surface area contributed by atoms with E-state index in [9.17, 15) is 4.79 Å². The third kappa shape index (κ3) is 3.13. The van der Waals surface area contributed by atoms with Gasteiger partial charge in [0.15, 0.2) is 11.5 Å². The molecule has 1 aromatic carbocycles. The van der Waals surface area contributed by atoms with Crippen molar-refractivity contribution in [3.8, 4) is 17.2 Å². The topological polar surface area (TPSA) is 44.8 Å². The lowest BCUT2D eigenvalue weighted by Gasteiger charge is -2.19. The predicted molar refractivity (Wildman–Crippen MR) is 72.6 cm³/mol. The van der Waals surface area contributed by atoms with E-state index in [0.717, 1.165) is 12.8 Å². The molecule has 104 valence electrons. The maximum atomic E-state index is 11.3. The van der Waals surface area contributed by atoms with Gasteiger partial charge in [0, 0.05) is 5.56 Å². The Morgan fingerprint density at radius 3 is 2.11 bits per heavy atom. The summed E-state index contributed by atoms with van der Waals surface area (Å²) < 4.78 is 16.5. The van der Waals surface area contributed by atoms with Gasteiger partial charge in [-0.15, -0.1) is 0 Å². The fraction of sp³-hybridized carbons (Fsp3) is 0.500. The van der Waals surface area contributed by atoms with Gasteiger partial charge in [0.1, 0.15) is 0 Å². The van der Waals surface area contributed by atoms with Crippen LogP contribution >= 0.6 is 11.6 Å². The molecule has 2 rings (SSSR count). The van der Waals surface area contributed by atoms with E-state index in [1.807, 2.05) is 0 Å². The van der Waals surface area contributed by atoms with Crippen LogP contribution in [0.2, 0.25) is 0 Å². The third-order valence-corrected chi connectivity index (χ3v) is 3.49. The number of rotatable bonds is 5. The first-order valence-corrected chi connectivity index (χ1v) is 6.66. The van der Waals surface area contributed by atoms with Crippen molar-refractivity contribution in [2.24, 2.45) is 0 Å². The molecule has 0 N–H and O–H groups in total. The van der Waals surface area contributed by atoms with Crippen molar-refractivity contribution in [2.75, 3.05) is 14.2 Å². The molecule has 0 heterocycles. The Hall–Kier alpha value is -1.42. The Morgan fingerprint density at radius 2 is 1.68 bits per heavy atom. The lowest BCUT2D eigenvalue weighted by atomic mass is 10.2. The van der Waals surface area contributed by atoms with Crippen molar-refractivity contribution in [1.29, 1.82) is 0 Å². The van der Waals surface area contributed by atoms with Gasteiger partial charge in [-0.1, -0.05) is 0 Å². The summed E-state index contributed by atoms with van der Waals surface area (Å²) in [6.07, 6.45) is 4.59. The van der Waals surface area contributed by atoms with E-state index >= 15 is 0 Å². The number of ether oxygens (including phenoxy) is 3. The van der Waals surface area contributed by atoms with Crippen LogP contribution in [0.1, 0.15) is 36.0 Å². The summed E-state index contributed by atoms with van der Waals surface area (Å²) >= 11 is 5.49. The van der Waals surface area contributed by atoms with E-state index in [-0.39, 0.29) is 6.10 Å². The van der Waals surface area contributed by atoms with Crippen LogP contribution in [-0.2, 0) is 0 Å². The highest BCUT2D eigenvalue weighted by molar-refractivity contribution is 6.67. The van der Waals surface area contributed by atoms with Crippen molar-refractivity contribution in [3.63, 3.8) is 0 Å². The van der Waals surface area contributed by atoms with Crippen LogP contribution in [0.25, 0.3) is 0 Å². The van der Waals surface area contributed by atoms with Gasteiger partial charge in [-0.25, -0.2) is 0 Å². The molecule has 0 bridgehead atoms. The number of carbonyl (C=O) groups excluding carboxylic acids is 1. The van der Waals surface area contributed by atoms with E-state index in [2.05, 4.69) is 0 Å². The molecule has 1 aromatic rings. The van der Waals surface area contributed by atoms with Crippen molar-refractivity contribution < 1.29 is 19.0 Å². The minimum Gasteiger partial charge on any atom is -0.493 e. The van der Waals surface area contributed by atoms with E-state index in [0.29, 0.717) is 22.8 Å². The molecule has 19 heavy (non-hydrogen) atoms. The predicted octanol–water partition coefficient (Wildman–Crippen LogP) is 3.40. The molecule has 4 nitrogen and oxygen atoms in total. The lowest BCUT2D eigenvalue weighted by molar-refractivity contribution is 0.108. The van der Waals surface area contributed by atoms with Gasteiger partial charge < -0.3 is 14.2 Å². The van der Waals surface area contributed by atoms with Gasteiger partial charge in [-0.3, -0.25) is 4.79 Å². The third-order valence-electron chi connectivity index (χ3n) is 3.27. The Labute approximate surface area is 117 Å². The Morgan fingerprint density at radius 1 is 1.16 bits per heavy atom. The second kappa shape index (κ2) is 6.15. The zero-order chi connectivity index (χ0) is 13.8. The molecule has 0 amide bonds. The first kappa shape index (κ1) is 14.0. The fourth-order valence-electron chi connectivity index (χ4n) is 2.28. The van der Waals surface area contributed by atoms with Crippen molar-refractivity contribution in [1.82, 2.24) is 0 Å². The van der Waals surface area contributed by atoms with E-state index in [1.54, 1.807) is 12.1 Å². The molecule has 0 atom stereocenters. The van der Waals surface area contributed by atoms with Crippen LogP contribution in [0.3, 0.4) is 0 Å². The first-order chi connectivity index (χ1) is 9.15. The molecule has 1 fully saturated rings. The minimum atomic E-state index is -0.552. The number of halogens is 1. The summed E-state index contributed by atoms with van der Waals surface area (Å²) in [5.41, 5.74) is 0.328. The highest BCUT2D eigenvalue weighted by Gasteiger charge is 2.22. The molecule has 0 spiro atoms. The number of carbonyl (C=O) groups is 1. The van der Waals surface area contributed by atoms with Crippen molar-refractivity contribution in [3.05, 3.63) is 17.7 Å². The lowest BCUT2D eigenvalue weighted by Crippen LogP contribution is -2.12. The monoisotopic (exact) mass is 284 g/mol. The van der Waals surface area contributed by atoms with Gasteiger partial charge in [-0.05, 0) is 49.4 Å². The molecular weight excluding hydrogens is 268 g/mol. The fourth-order valence-corrected chi connectivity index (χ4v) is 2.39. The highest BCUT2D eigenvalue weighted by atomic mass is 35.5. The van der Waals surface area contributed by atoms with E-state index in [4.69, 9.17) is 25.8 Å². The van der Waals surface area contributed by atoms with Crippen molar-refractivity contribution in [2.45, 2.75) is 31.8 Å². The Balaban J connectivity index is 2.35. The molecule has 1 aliphatic rings. The number of hydrogen-bond donors (Lipinski definition) is 0. The maximum absolute atomic E-state index is 11.3. The highest BCUT2D eigenvalue weighted by Crippen LogP contribution is 2.41. The maximum Gasteiger partial charge on any atom is 0.252 e. The summed E-state index contributed by atoms with van der Waals surface area (Å²) in [5.74, 6) is 1.48. The molecule has 0 saturated heterocycles. The van der Waals surface area contributed by atoms with E-state index in [1.165, 1.54) is 27.1 Å². The minimum absolute atomic E-state index is 0.181. The van der Waals surface area contributed by atoms with Crippen LogP contribution in [0.5, 0.6) is 17.2 Å². The van der Waals surface area contributed by atoms with Crippen LogP contribution < -0.4 is 14.2 Å². The zero-order valence-electron chi connectivity index (χ0n) is 11.1. The summed E-state index contributed by atoms with van der Waals surface area (Å²) in [5, 5.41) is -0.552. The van der Waals surface area contributed by atoms with E-state index < -0.39 is 5.24 Å². The Bertz CT molecular complexity index is 442. The molecular formula is C14H17ClO4. The Kier molecular flexibility index (Phi) is 4.53. The smallest absolute Gasteiger partial charge is 0.252 e. The second-order valence-electron chi connectivity index (χ2n) is 4.51. The van der Waals surface area contributed by atoms with Crippen LogP contribution in [0.4, 0.5) is 0 Å². The first-order valence-electron chi connectivity index (χ1n) is 6.28. The molecule has 1 aliphatic carbocycles. The summed E-state index contributed by atoms with van der Waals surface area (Å²) in [4.78, 5) is 11.3. The average Bonchev–Trinajstić information content (AvgIpc) is 2.91. The molecule has 0 radical (unpaired) electrons. The summed E-state index contributed by atoms with van der Waals surface area (Å²) in [6.45, 7) is 0. The normalized spacial score (nSPS) is 15.3.